The van der Waals surface area contributed by atoms with E-state index in [1.165, 1.54) is 18.5 Å². The molecule has 0 aliphatic heterocycles. The van der Waals surface area contributed by atoms with E-state index in [0.717, 1.165) is 37.9 Å². The van der Waals surface area contributed by atoms with Crippen molar-refractivity contribution in [3.8, 4) is 11.3 Å². The summed E-state index contributed by atoms with van der Waals surface area (Å²) in [6.07, 6.45) is 6.13. The highest BCUT2D eigenvalue weighted by Crippen LogP contribution is 2.30. The maximum atomic E-state index is 12.7. The van der Waals surface area contributed by atoms with Gasteiger partial charge in [0.2, 0.25) is 0 Å². The number of aliphatic hydroxyl groups is 1. The van der Waals surface area contributed by atoms with Crippen molar-refractivity contribution >= 4 is 17.3 Å². The summed E-state index contributed by atoms with van der Waals surface area (Å²) >= 11 is 5.97. The van der Waals surface area contributed by atoms with Crippen LogP contribution in [-0.2, 0) is 0 Å². The fraction of sp³-hybridized carbons (Fsp3) is 0.500. The number of aromatic nitrogens is 3. The summed E-state index contributed by atoms with van der Waals surface area (Å²) in [6.45, 7) is -1.95. The maximum absolute atomic E-state index is 12.7. The summed E-state index contributed by atoms with van der Waals surface area (Å²) in [4.78, 5) is 4.03. The lowest BCUT2D eigenvalue weighted by atomic mass is 9.87. The molecule has 0 spiro atoms. The van der Waals surface area contributed by atoms with Gasteiger partial charge in [0.25, 0.3) is 0 Å². The Kier molecular flexibility index (Phi) is 5.30. The largest absolute Gasteiger partial charge is 0.393 e. The van der Waals surface area contributed by atoms with Gasteiger partial charge in [-0.1, -0.05) is 11.6 Å². The zero-order chi connectivity index (χ0) is 17.1. The van der Waals surface area contributed by atoms with Crippen molar-refractivity contribution in [3.63, 3.8) is 0 Å². The van der Waals surface area contributed by atoms with Gasteiger partial charge in [-0.25, -0.2) is 9.67 Å². The average Bonchev–Trinajstić information content (AvgIpc) is 3.04. The van der Waals surface area contributed by atoms with Gasteiger partial charge in [0.15, 0.2) is 0 Å². The molecule has 5 nitrogen and oxygen atoms in total. The molecular weight excluding hydrogens is 338 g/mol. The van der Waals surface area contributed by atoms with Gasteiger partial charge < -0.3 is 10.4 Å². The summed E-state index contributed by atoms with van der Waals surface area (Å²) in [5.74, 6) is 0.465. The Morgan fingerprint density at radius 2 is 2.08 bits per heavy atom. The first-order valence-corrected chi connectivity index (χ1v) is 8.32. The van der Waals surface area contributed by atoms with Gasteiger partial charge in [0, 0.05) is 30.2 Å². The second-order valence-electron chi connectivity index (χ2n) is 6.07. The molecule has 2 N–H and O–H groups in total. The molecule has 8 heteroatoms. The van der Waals surface area contributed by atoms with E-state index in [-0.39, 0.29) is 6.10 Å². The maximum Gasteiger partial charge on any atom is 0.333 e. The molecule has 2 heterocycles. The number of rotatable bonds is 5. The number of hydrogen-bond donors (Lipinski definition) is 2. The SMILES string of the molecule is OC1CCC(CNc2cc(Cl)ncc2-c2ccn(C(F)F)n2)CC1. The Morgan fingerprint density at radius 1 is 1.33 bits per heavy atom. The van der Waals surface area contributed by atoms with Gasteiger partial charge in [0.1, 0.15) is 5.15 Å². The van der Waals surface area contributed by atoms with Gasteiger partial charge in [-0.15, -0.1) is 0 Å². The van der Waals surface area contributed by atoms with Gasteiger partial charge >= 0.3 is 6.55 Å². The van der Waals surface area contributed by atoms with Crippen molar-refractivity contribution in [3.05, 3.63) is 29.7 Å². The number of halogens is 3. The highest BCUT2D eigenvalue weighted by Gasteiger charge is 2.20. The molecule has 1 aliphatic carbocycles. The van der Waals surface area contributed by atoms with Crippen LogP contribution in [0.15, 0.2) is 24.5 Å². The Bertz CT molecular complexity index is 686. The molecule has 0 saturated heterocycles. The lowest BCUT2D eigenvalue weighted by Crippen LogP contribution is -2.23. The van der Waals surface area contributed by atoms with Gasteiger partial charge in [-0.3, -0.25) is 0 Å². The van der Waals surface area contributed by atoms with Gasteiger partial charge in [-0.2, -0.15) is 13.9 Å². The average molecular weight is 357 g/mol. The van der Waals surface area contributed by atoms with Crippen molar-refractivity contribution in [2.45, 2.75) is 38.3 Å². The molecule has 2 aromatic rings. The van der Waals surface area contributed by atoms with Gasteiger partial charge in [-0.05, 0) is 43.7 Å². The third-order valence-corrected chi connectivity index (χ3v) is 4.56. The molecule has 0 amide bonds. The van der Waals surface area contributed by atoms with E-state index < -0.39 is 6.55 Å². The Labute approximate surface area is 143 Å². The van der Waals surface area contributed by atoms with Crippen molar-refractivity contribution in [2.24, 2.45) is 5.92 Å². The first-order valence-electron chi connectivity index (χ1n) is 7.94. The van der Waals surface area contributed by atoms with Crippen LogP contribution in [0.25, 0.3) is 11.3 Å². The van der Waals surface area contributed by atoms with Crippen LogP contribution in [-0.4, -0.2) is 32.5 Å². The third kappa shape index (κ3) is 4.02. The summed E-state index contributed by atoms with van der Waals surface area (Å²) in [6, 6.07) is 3.20. The van der Waals surface area contributed by atoms with E-state index in [9.17, 15) is 13.9 Å². The highest BCUT2D eigenvalue weighted by atomic mass is 35.5. The molecule has 0 radical (unpaired) electrons. The van der Waals surface area contributed by atoms with Crippen molar-refractivity contribution in [2.75, 3.05) is 11.9 Å². The minimum atomic E-state index is -2.68. The number of anilines is 1. The summed E-state index contributed by atoms with van der Waals surface area (Å²) < 4.78 is 26.0. The highest BCUT2D eigenvalue weighted by molar-refractivity contribution is 6.29. The molecule has 3 rings (SSSR count). The monoisotopic (exact) mass is 356 g/mol. The second kappa shape index (κ2) is 7.44. The lowest BCUT2D eigenvalue weighted by molar-refractivity contribution is 0.0568. The number of aliphatic hydroxyl groups excluding tert-OH is 1. The number of nitrogens with zero attached hydrogens (tertiary/aromatic N) is 3. The molecule has 24 heavy (non-hydrogen) atoms. The van der Waals surface area contributed by atoms with Crippen LogP contribution < -0.4 is 5.32 Å². The van der Waals surface area contributed by atoms with E-state index in [1.54, 1.807) is 6.07 Å². The number of pyridine rings is 1. The summed E-state index contributed by atoms with van der Waals surface area (Å²) in [5, 5.41) is 17.1. The molecule has 1 fully saturated rings. The molecule has 0 aromatic carbocycles. The predicted molar refractivity (Wildman–Crippen MR) is 88.2 cm³/mol. The molecule has 0 atom stereocenters. The molecule has 1 aliphatic rings. The molecular formula is C16H19ClF2N4O. The quantitative estimate of drug-likeness (QED) is 0.796. The number of hydrogen-bond acceptors (Lipinski definition) is 4. The fourth-order valence-corrected chi connectivity index (χ4v) is 3.13. The Hall–Kier alpha value is -1.73. The van der Waals surface area contributed by atoms with E-state index >= 15 is 0 Å². The van der Waals surface area contributed by atoms with Crippen LogP contribution in [0.1, 0.15) is 32.2 Å². The minimum absolute atomic E-state index is 0.189. The van der Waals surface area contributed by atoms with Crippen LogP contribution in [0.3, 0.4) is 0 Å². The number of nitrogens with one attached hydrogen (secondary N) is 1. The third-order valence-electron chi connectivity index (χ3n) is 4.35. The van der Waals surface area contributed by atoms with Crippen LogP contribution in [0.2, 0.25) is 5.15 Å². The van der Waals surface area contributed by atoms with E-state index in [2.05, 4.69) is 15.4 Å². The molecule has 1 saturated carbocycles. The van der Waals surface area contributed by atoms with Crippen molar-refractivity contribution in [1.29, 1.82) is 0 Å². The Balaban J connectivity index is 1.75. The topological polar surface area (TPSA) is 63.0 Å². The van der Waals surface area contributed by atoms with Crippen LogP contribution in [0, 0.1) is 5.92 Å². The van der Waals surface area contributed by atoms with Crippen LogP contribution >= 0.6 is 11.6 Å². The lowest BCUT2D eigenvalue weighted by Gasteiger charge is -2.26. The molecule has 130 valence electrons. The summed E-state index contributed by atoms with van der Waals surface area (Å²) in [5.41, 5.74) is 1.77. The van der Waals surface area contributed by atoms with Crippen LogP contribution in [0.4, 0.5) is 14.5 Å². The molecule has 0 bridgehead atoms. The second-order valence-corrected chi connectivity index (χ2v) is 6.45. The van der Waals surface area contributed by atoms with E-state index in [0.29, 0.717) is 27.0 Å². The standard InChI is InChI=1S/C16H19ClF2N4O/c17-15-7-14(20-8-10-1-3-11(24)4-2-10)12(9-21-15)13-5-6-23(22-13)16(18)19/h5-7,9-11,16,24H,1-4,8H2,(H,20,21). The van der Waals surface area contributed by atoms with E-state index in [4.69, 9.17) is 11.6 Å². The van der Waals surface area contributed by atoms with Crippen LogP contribution in [0.5, 0.6) is 0 Å². The van der Waals surface area contributed by atoms with Crippen molar-refractivity contribution < 1.29 is 13.9 Å². The first-order chi connectivity index (χ1) is 11.5. The normalized spacial score (nSPS) is 21.2. The zero-order valence-corrected chi connectivity index (χ0v) is 13.8. The number of alkyl halides is 2. The van der Waals surface area contributed by atoms with E-state index in [1.807, 2.05) is 0 Å². The minimum Gasteiger partial charge on any atom is -0.393 e. The molecule has 0 unspecified atom stereocenters. The smallest absolute Gasteiger partial charge is 0.333 e. The molecule has 2 aromatic heterocycles. The zero-order valence-electron chi connectivity index (χ0n) is 13.0. The fourth-order valence-electron chi connectivity index (χ4n) is 2.97. The van der Waals surface area contributed by atoms with Gasteiger partial charge in [0.05, 0.1) is 11.8 Å². The summed E-state index contributed by atoms with van der Waals surface area (Å²) in [7, 11) is 0. The van der Waals surface area contributed by atoms with Crippen molar-refractivity contribution in [1.82, 2.24) is 14.8 Å². The predicted octanol–water partition coefficient (Wildman–Crippen LogP) is 3.96. The first kappa shape index (κ1) is 17.1. The Morgan fingerprint density at radius 3 is 2.75 bits per heavy atom.